The number of anilines is 1. The zero-order valence-electron chi connectivity index (χ0n) is 11.6. The fourth-order valence-electron chi connectivity index (χ4n) is 2.24. The van der Waals surface area contributed by atoms with Crippen LogP contribution in [0.4, 0.5) is 5.69 Å². The predicted molar refractivity (Wildman–Crippen MR) is 76.5 cm³/mol. The molecular formula is C15H24N2O. The molecule has 0 aliphatic carbocycles. The summed E-state index contributed by atoms with van der Waals surface area (Å²) in [5.74, 6) is 1.54. The van der Waals surface area contributed by atoms with Crippen molar-refractivity contribution >= 4 is 5.69 Å². The van der Waals surface area contributed by atoms with Gasteiger partial charge in [-0.2, -0.15) is 0 Å². The summed E-state index contributed by atoms with van der Waals surface area (Å²) in [7, 11) is 0. The van der Waals surface area contributed by atoms with Crippen LogP contribution in [-0.4, -0.2) is 32.3 Å². The zero-order valence-corrected chi connectivity index (χ0v) is 11.6. The van der Waals surface area contributed by atoms with Crippen molar-refractivity contribution < 1.29 is 4.74 Å². The van der Waals surface area contributed by atoms with Gasteiger partial charge in [-0.3, -0.25) is 0 Å². The number of nitrogens with one attached hydrogen (secondary N) is 1. The first-order chi connectivity index (χ1) is 8.66. The Balaban J connectivity index is 2.06. The molecule has 18 heavy (non-hydrogen) atoms. The highest BCUT2D eigenvalue weighted by molar-refractivity contribution is 5.52. The maximum absolute atomic E-state index is 5.79. The molecule has 1 fully saturated rings. The molecule has 0 amide bonds. The first-order valence-corrected chi connectivity index (χ1v) is 6.87. The van der Waals surface area contributed by atoms with Crippen LogP contribution in [0, 0.1) is 5.92 Å². The van der Waals surface area contributed by atoms with Crippen LogP contribution in [0.1, 0.15) is 20.8 Å². The van der Waals surface area contributed by atoms with E-state index in [0.717, 1.165) is 32.0 Å². The molecule has 0 saturated carbocycles. The van der Waals surface area contributed by atoms with Crippen molar-refractivity contribution in [1.29, 1.82) is 0 Å². The van der Waals surface area contributed by atoms with E-state index >= 15 is 0 Å². The Hall–Kier alpha value is -1.22. The molecule has 1 atom stereocenters. The Morgan fingerprint density at radius 1 is 1.44 bits per heavy atom. The van der Waals surface area contributed by atoms with Gasteiger partial charge in [0.2, 0.25) is 0 Å². The highest BCUT2D eigenvalue weighted by Gasteiger charge is 2.18. The molecule has 1 N–H and O–H groups in total. The second-order valence-corrected chi connectivity index (χ2v) is 5.45. The number of nitrogens with zero attached hydrogens (tertiary/aromatic N) is 1. The Morgan fingerprint density at radius 2 is 2.28 bits per heavy atom. The quantitative estimate of drug-likeness (QED) is 0.886. The highest BCUT2D eigenvalue weighted by atomic mass is 16.5. The van der Waals surface area contributed by atoms with Crippen LogP contribution in [0.3, 0.4) is 0 Å². The fraction of sp³-hybridized carbons (Fsp3) is 0.600. The van der Waals surface area contributed by atoms with Crippen molar-refractivity contribution in [2.24, 2.45) is 5.92 Å². The number of hydrogen-bond acceptors (Lipinski definition) is 3. The van der Waals surface area contributed by atoms with E-state index in [2.05, 4.69) is 49.2 Å². The van der Waals surface area contributed by atoms with Crippen LogP contribution >= 0.6 is 0 Å². The third-order valence-electron chi connectivity index (χ3n) is 3.23. The Kier molecular flexibility index (Phi) is 4.48. The number of benzene rings is 1. The molecule has 1 heterocycles. The molecule has 100 valence electrons. The van der Waals surface area contributed by atoms with Gasteiger partial charge in [-0.25, -0.2) is 0 Å². The Morgan fingerprint density at radius 3 is 3.00 bits per heavy atom. The zero-order chi connectivity index (χ0) is 13.0. The van der Waals surface area contributed by atoms with Crippen LogP contribution in [0.25, 0.3) is 0 Å². The van der Waals surface area contributed by atoms with E-state index in [0.29, 0.717) is 12.0 Å². The van der Waals surface area contributed by atoms with Gasteiger partial charge in [0.25, 0.3) is 0 Å². The summed E-state index contributed by atoms with van der Waals surface area (Å²) >= 11 is 0. The molecule has 0 radical (unpaired) electrons. The van der Waals surface area contributed by atoms with Gasteiger partial charge in [-0.1, -0.05) is 19.9 Å². The molecule has 3 nitrogen and oxygen atoms in total. The normalized spacial score (nSPS) is 20.2. The Labute approximate surface area is 110 Å². The van der Waals surface area contributed by atoms with E-state index in [1.807, 2.05) is 6.07 Å². The van der Waals surface area contributed by atoms with E-state index in [-0.39, 0.29) is 0 Å². The lowest BCUT2D eigenvalue weighted by Crippen LogP contribution is -2.49. The van der Waals surface area contributed by atoms with E-state index in [1.165, 1.54) is 5.69 Å². The molecule has 1 saturated heterocycles. The lowest BCUT2D eigenvalue weighted by atomic mass is 10.1. The smallest absolute Gasteiger partial charge is 0.121 e. The largest absolute Gasteiger partial charge is 0.493 e. The van der Waals surface area contributed by atoms with Gasteiger partial charge in [0.05, 0.1) is 6.61 Å². The van der Waals surface area contributed by atoms with Gasteiger partial charge in [0.15, 0.2) is 0 Å². The van der Waals surface area contributed by atoms with Crippen molar-refractivity contribution in [2.45, 2.75) is 26.8 Å². The lowest BCUT2D eigenvalue weighted by molar-refractivity contribution is 0.271. The van der Waals surface area contributed by atoms with Crippen LogP contribution in [0.5, 0.6) is 5.75 Å². The standard InChI is InChI=1S/C15H24N2O/c1-12(2)11-18-15-6-4-5-14(9-15)17-8-7-16-10-13(17)3/h4-6,9,12-13,16H,7-8,10-11H2,1-3H3/t13-/m1/s1. The molecule has 1 aliphatic rings. The van der Waals surface area contributed by atoms with Gasteiger partial charge in [0.1, 0.15) is 5.75 Å². The van der Waals surface area contributed by atoms with E-state index in [1.54, 1.807) is 0 Å². The summed E-state index contributed by atoms with van der Waals surface area (Å²) in [6.07, 6.45) is 0. The molecule has 1 aliphatic heterocycles. The molecule has 1 aromatic rings. The molecule has 3 heteroatoms. The second kappa shape index (κ2) is 6.10. The summed E-state index contributed by atoms with van der Waals surface area (Å²) in [6.45, 7) is 10.5. The van der Waals surface area contributed by atoms with Gasteiger partial charge in [-0.05, 0) is 25.0 Å². The maximum Gasteiger partial charge on any atom is 0.121 e. The van der Waals surface area contributed by atoms with Gasteiger partial charge < -0.3 is 15.0 Å². The first-order valence-electron chi connectivity index (χ1n) is 6.87. The predicted octanol–water partition coefficient (Wildman–Crippen LogP) is 2.52. The summed E-state index contributed by atoms with van der Waals surface area (Å²) in [4.78, 5) is 2.44. The summed E-state index contributed by atoms with van der Waals surface area (Å²) in [5, 5.41) is 3.42. The van der Waals surface area contributed by atoms with Crippen LogP contribution < -0.4 is 15.0 Å². The van der Waals surface area contributed by atoms with Crippen molar-refractivity contribution in [1.82, 2.24) is 5.32 Å². The fourth-order valence-corrected chi connectivity index (χ4v) is 2.24. The number of ether oxygens (including phenoxy) is 1. The van der Waals surface area contributed by atoms with E-state index in [4.69, 9.17) is 4.74 Å². The van der Waals surface area contributed by atoms with E-state index in [9.17, 15) is 0 Å². The van der Waals surface area contributed by atoms with Crippen molar-refractivity contribution in [3.8, 4) is 5.75 Å². The van der Waals surface area contributed by atoms with Gasteiger partial charge >= 0.3 is 0 Å². The third kappa shape index (κ3) is 3.39. The minimum Gasteiger partial charge on any atom is -0.493 e. The molecule has 0 aromatic heterocycles. The van der Waals surface area contributed by atoms with Crippen molar-refractivity contribution in [2.75, 3.05) is 31.1 Å². The molecule has 0 unspecified atom stereocenters. The number of rotatable bonds is 4. The monoisotopic (exact) mass is 248 g/mol. The Bertz CT molecular complexity index is 379. The summed E-state index contributed by atoms with van der Waals surface area (Å²) in [6, 6.07) is 8.99. The minimum atomic E-state index is 0.541. The van der Waals surface area contributed by atoms with Crippen LogP contribution in [-0.2, 0) is 0 Å². The summed E-state index contributed by atoms with van der Waals surface area (Å²) < 4.78 is 5.79. The number of hydrogen-bond donors (Lipinski definition) is 1. The molecule has 1 aromatic carbocycles. The minimum absolute atomic E-state index is 0.541. The van der Waals surface area contributed by atoms with Crippen LogP contribution in [0.2, 0.25) is 0 Å². The number of piperazine rings is 1. The summed E-state index contributed by atoms with van der Waals surface area (Å²) in [5.41, 5.74) is 1.27. The molecular weight excluding hydrogens is 224 g/mol. The maximum atomic E-state index is 5.79. The first kappa shape index (κ1) is 13.2. The van der Waals surface area contributed by atoms with E-state index < -0.39 is 0 Å². The average Bonchev–Trinajstić information content (AvgIpc) is 2.37. The van der Waals surface area contributed by atoms with Crippen molar-refractivity contribution in [3.05, 3.63) is 24.3 Å². The van der Waals surface area contributed by atoms with Gasteiger partial charge in [0, 0.05) is 37.4 Å². The lowest BCUT2D eigenvalue weighted by Gasteiger charge is -2.36. The molecule has 2 rings (SSSR count). The topological polar surface area (TPSA) is 24.5 Å². The molecule has 0 spiro atoms. The van der Waals surface area contributed by atoms with Crippen LogP contribution in [0.15, 0.2) is 24.3 Å². The van der Waals surface area contributed by atoms with Gasteiger partial charge in [-0.15, -0.1) is 0 Å². The average molecular weight is 248 g/mol. The molecule has 0 bridgehead atoms. The van der Waals surface area contributed by atoms with Crippen molar-refractivity contribution in [3.63, 3.8) is 0 Å². The third-order valence-corrected chi connectivity index (χ3v) is 3.23. The second-order valence-electron chi connectivity index (χ2n) is 5.45. The SMILES string of the molecule is CC(C)COc1cccc(N2CCNC[C@H]2C)c1. The highest BCUT2D eigenvalue weighted by Crippen LogP contribution is 2.23.